The van der Waals surface area contributed by atoms with Crippen molar-refractivity contribution in [1.29, 1.82) is 0 Å². The van der Waals surface area contributed by atoms with Gasteiger partial charge in [0.15, 0.2) is 0 Å². The predicted molar refractivity (Wildman–Crippen MR) is 98.3 cm³/mol. The van der Waals surface area contributed by atoms with Crippen LogP contribution in [0.5, 0.6) is 5.75 Å². The van der Waals surface area contributed by atoms with Crippen molar-refractivity contribution >= 4 is 11.9 Å². The number of aliphatic carboxylic acids is 1. The first-order valence-electron chi connectivity index (χ1n) is 9.25. The SMILES string of the molecule is O=C(O)[C@H]1CN(C(=O)c2ccc(OCc3ccncc3)cc2)C[C@@H]1C1CC1. The van der Waals surface area contributed by atoms with Gasteiger partial charge in [-0.15, -0.1) is 0 Å². The Kier molecular flexibility index (Phi) is 4.79. The van der Waals surface area contributed by atoms with Gasteiger partial charge >= 0.3 is 5.97 Å². The first-order chi connectivity index (χ1) is 13.1. The van der Waals surface area contributed by atoms with Gasteiger partial charge in [-0.25, -0.2) is 0 Å². The molecule has 1 N–H and O–H groups in total. The summed E-state index contributed by atoms with van der Waals surface area (Å²) in [6, 6.07) is 10.8. The molecule has 1 aromatic heterocycles. The highest BCUT2D eigenvalue weighted by Gasteiger charge is 2.46. The Balaban J connectivity index is 1.38. The third-order valence-electron chi connectivity index (χ3n) is 5.45. The molecule has 6 heteroatoms. The van der Waals surface area contributed by atoms with Gasteiger partial charge in [0.2, 0.25) is 0 Å². The van der Waals surface area contributed by atoms with Gasteiger partial charge in [-0.05, 0) is 66.6 Å². The summed E-state index contributed by atoms with van der Waals surface area (Å²) in [7, 11) is 0. The maximum absolute atomic E-state index is 12.8. The summed E-state index contributed by atoms with van der Waals surface area (Å²) in [4.78, 5) is 30.0. The summed E-state index contributed by atoms with van der Waals surface area (Å²) in [6.07, 6.45) is 5.60. The van der Waals surface area contributed by atoms with Crippen LogP contribution in [-0.4, -0.2) is 40.0 Å². The number of carboxylic acid groups (broad SMARTS) is 1. The Labute approximate surface area is 157 Å². The lowest BCUT2D eigenvalue weighted by Gasteiger charge is -2.16. The number of likely N-dealkylation sites (tertiary alicyclic amines) is 1. The zero-order chi connectivity index (χ0) is 18.8. The molecular weight excluding hydrogens is 344 g/mol. The molecule has 1 aliphatic heterocycles. The second-order valence-electron chi connectivity index (χ2n) is 7.32. The van der Waals surface area contributed by atoms with E-state index in [-0.39, 0.29) is 11.8 Å². The fourth-order valence-electron chi connectivity index (χ4n) is 3.78. The zero-order valence-electron chi connectivity index (χ0n) is 15.0. The Bertz CT molecular complexity index is 818. The van der Waals surface area contributed by atoms with Gasteiger partial charge in [-0.2, -0.15) is 0 Å². The van der Waals surface area contributed by atoms with Crippen LogP contribution in [0, 0.1) is 17.8 Å². The number of carbonyl (C=O) groups excluding carboxylic acids is 1. The first kappa shape index (κ1) is 17.5. The molecule has 0 bridgehead atoms. The molecule has 27 heavy (non-hydrogen) atoms. The number of hydrogen-bond acceptors (Lipinski definition) is 4. The van der Waals surface area contributed by atoms with E-state index in [1.54, 1.807) is 41.6 Å². The number of carboxylic acids is 1. The number of benzene rings is 1. The summed E-state index contributed by atoms with van der Waals surface area (Å²) in [6.45, 7) is 1.28. The number of aromatic nitrogens is 1. The third kappa shape index (κ3) is 3.94. The van der Waals surface area contributed by atoms with E-state index in [9.17, 15) is 14.7 Å². The average molecular weight is 366 g/mol. The van der Waals surface area contributed by atoms with Crippen molar-refractivity contribution in [2.24, 2.45) is 17.8 Å². The Morgan fingerprint density at radius 1 is 1.07 bits per heavy atom. The molecule has 4 rings (SSSR count). The molecule has 0 unspecified atom stereocenters. The number of nitrogens with zero attached hydrogens (tertiary/aromatic N) is 2. The quantitative estimate of drug-likeness (QED) is 0.850. The largest absolute Gasteiger partial charge is 0.489 e. The number of amides is 1. The molecule has 2 fully saturated rings. The minimum absolute atomic E-state index is 0.0921. The molecule has 1 amide bonds. The van der Waals surface area contributed by atoms with Gasteiger partial charge in [0.05, 0.1) is 5.92 Å². The van der Waals surface area contributed by atoms with Crippen LogP contribution in [-0.2, 0) is 11.4 Å². The molecule has 2 heterocycles. The van der Waals surface area contributed by atoms with Gasteiger partial charge in [0.25, 0.3) is 5.91 Å². The molecule has 2 aromatic rings. The fraction of sp³-hybridized carbons (Fsp3) is 0.381. The fourth-order valence-corrected chi connectivity index (χ4v) is 3.78. The molecular formula is C21H22N2O4. The highest BCUT2D eigenvalue weighted by atomic mass is 16.5. The number of rotatable bonds is 6. The number of hydrogen-bond donors (Lipinski definition) is 1. The minimum atomic E-state index is -0.790. The van der Waals surface area contributed by atoms with E-state index >= 15 is 0 Å². The lowest BCUT2D eigenvalue weighted by atomic mass is 9.92. The van der Waals surface area contributed by atoms with Gasteiger partial charge < -0.3 is 14.7 Å². The molecule has 6 nitrogen and oxygen atoms in total. The topological polar surface area (TPSA) is 79.7 Å². The second-order valence-corrected chi connectivity index (χ2v) is 7.32. The number of pyridine rings is 1. The van der Waals surface area contributed by atoms with E-state index in [1.165, 1.54) is 0 Å². The molecule has 1 aliphatic carbocycles. The highest BCUT2D eigenvalue weighted by molar-refractivity contribution is 5.95. The van der Waals surface area contributed by atoms with Crippen LogP contribution in [0.2, 0.25) is 0 Å². The van der Waals surface area contributed by atoms with Crippen LogP contribution in [0.3, 0.4) is 0 Å². The van der Waals surface area contributed by atoms with Gasteiger partial charge in [-0.3, -0.25) is 14.6 Å². The monoisotopic (exact) mass is 366 g/mol. The molecule has 1 saturated carbocycles. The van der Waals surface area contributed by atoms with Crippen LogP contribution in [0.1, 0.15) is 28.8 Å². The lowest BCUT2D eigenvalue weighted by molar-refractivity contribution is -0.142. The Morgan fingerprint density at radius 3 is 2.41 bits per heavy atom. The van der Waals surface area contributed by atoms with Crippen LogP contribution in [0.15, 0.2) is 48.8 Å². The van der Waals surface area contributed by atoms with Crippen molar-refractivity contribution in [3.8, 4) is 5.75 Å². The Hall–Kier alpha value is -2.89. The predicted octanol–water partition coefficient (Wildman–Crippen LogP) is 2.84. The molecule has 1 saturated heterocycles. The highest BCUT2D eigenvalue weighted by Crippen LogP contribution is 2.44. The number of carbonyl (C=O) groups is 2. The summed E-state index contributed by atoms with van der Waals surface area (Å²) < 4.78 is 5.73. The zero-order valence-corrected chi connectivity index (χ0v) is 15.0. The van der Waals surface area contributed by atoms with Crippen molar-refractivity contribution in [3.63, 3.8) is 0 Å². The lowest BCUT2D eigenvalue weighted by Crippen LogP contribution is -2.29. The molecule has 0 spiro atoms. The summed E-state index contributed by atoms with van der Waals surface area (Å²) >= 11 is 0. The van der Waals surface area contributed by atoms with E-state index < -0.39 is 11.9 Å². The second kappa shape index (κ2) is 7.39. The van der Waals surface area contributed by atoms with E-state index in [0.29, 0.717) is 36.9 Å². The molecule has 140 valence electrons. The van der Waals surface area contributed by atoms with Crippen LogP contribution in [0.25, 0.3) is 0 Å². The van der Waals surface area contributed by atoms with Gasteiger partial charge in [0.1, 0.15) is 12.4 Å². The smallest absolute Gasteiger partial charge is 0.308 e. The molecule has 2 aliphatic rings. The van der Waals surface area contributed by atoms with Crippen LogP contribution >= 0.6 is 0 Å². The van der Waals surface area contributed by atoms with E-state index in [4.69, 9.17) is 4.74 Å². The van der Waals surface area contributed by atoms with Crippen molar-refractivity contribution < 1.29 is 19.4 Å². The van der Waals surface area contributed by atoms with Gasteiger partial charge in [-0.1, -0.05) is 0 Å². The first-order valence-corrected chi connectivity index (χ1v) is 9.25. The van der Waals surface area contributed by atoms with Crippen molar-refractivity contribution in [2.75, 3.05) is 13.1 Å². The van der Waals surface area contributed by atoms with E-state index in [2.05, 4.69) is 4.98 Å². The van der Waals surface area contributed by atoms with Crippen molar-refractivity contribution in [3.05, 3.63) is 59.9 Å². The third-order valence-corrected chi connectivity index (χ3v) is 5.45. The standard InChI is InChI=1S/C21H22N2O4/c24-20(23-11-18(15-1-2-15)19(12-23)21(25)26)16-3-5-17(6-4-16)27-13-14-7-9-22-10-8-14/h3-10,15,18-19H,1-2,11-13H2,(H,25,26)/t18-,19+/m1/s1. The number of ether oxygens (including phenoxy) is 1. The molecule has 2 atom stereocenters. The maximum Gasteiger partial charge on any atom is 0.308 e. The van der Waals surface area contributed by atoms with E-state index in [1.807, 2.05) is 12.1 Å². The molecule has 1 aromatic carbocycles. The summed E-state index contributed by atoms with van der Waals surface area (Å²) in [5.41, 5.74) is 1.58. The summed E-state index contributed by atoms with van der Waals surface area (Å²) in [5, 5.41) is 9.46. The van der Waals surface area contributed by atoms with Gasteiger partial charge in [0, 0.05) is 31.0 Å². The average Bonchev–Trinajstić information content (AvgIpc) is 3.45. The Morgan fingerprint density at radius 2 is 1.78 bits per heavy atom. The van der Waals surface area contributed by atoms with E-state index in [0.717, 1.165) is 18.4 Å². The van der Waals surface area contributed by atoms with Crippen LogP contribution < -0.4 is 4.74 Å². The van der Waals surface area contributed by atoms with Crippen LogP contribution in [0.4, 0.5) is 0 Å². The maximum atomic E-state index is 12.8. The van der Waals surface area contributed by atoms with Crippen molar-refractivity contribution in [2.45, 2.75) is 19.4 Å². The molecule has 0 radical (unpaired) electrons. The van der Waals surface area contributed by atoms with Crippen molar-refractivity contribution in [1.82, 2.24) is 9.88 Å². The normalized spacial score (nSPS) is 21.9. The minimum Gasteiger partial charge on any atom is -0.489 e. The summed E-state index contributed by atoms with van der Waals surface area (Å²) in [5.74, 6) is -0.0945.